The number of hydrogen-bond donors (Lipinski definition) is 1. The molecule has 1 heterocycles. The zero-order chi connectivity index (χ0) is 12.0. The van der Waals surface area contributed by atoms with Crippen molar-refractivity contribution in [3.05, 3.63) is 23.9 Å². The maximum atomic E-state index is 5.76. The van der Waals surface area contributed by atoms with Crippen LogP contribution in [0.1, 0.15) is 25.5 Å². The van der Waals surface area contributed by atoms with Gasteiger partial charge in [-0.3, -0.25) is 0 Å². The van der Waals surface area contributed by atoms with Gasteiger partial charge in [0.15, 0.2) is 0 Å². The first kappa shape index (κ1) is 12.9. The van der Waals surface area contributed by atoms with Crippen LogP contribution in [0.25, 0.3) is 0 Å². The second-order valence-corrected chi connectivity index (χ2v) is 3.86. The van der Waals surface area contributed by atoms with Gasteiger partial charge in [-0.15, -0.1) is 0 Å². The van der Waals surface area contributed by atoms with E-state index < -0.39 is 0 Å². The van der Waals surface area contributed by atoms with Crippen molar-refractivity contribution in [1.29, 1.82) is 0 Å². The fourth-order valence-electron chi connectivity index (χ4n) is 1.35. The molecule has 0 aliphatic carbocycles. The van der Waals surface area contributed by atoms with Crippen LogP contribution in [0.3, 0.4) is 0 Å². The number of nitrogens with two attached hydrogens (primary N) is 1. The van der Waals surface area contributed by atoms with E-state index in [4.69, 9.17) is 10.5 Å². The van der Waals surface area contributed by atoms with Crippen molar-refractivity contribution in [3.8, 4) is 0 Å². The molecule has 16 heavy (non-hydrogen) atoms. The Hall–Kier alpha value is -1.13. The molecule has 0 spiro atoms. The van der Waals surface area contributed by atoms with Crippen LogP contribution in [-0.2, 0) is 4.74 Å². The lowest BCUT2D eigenvalue weighted by Gasteiger charge is -2.18. The Morgan fingerprint density at radius 1 is 1.50 bits per heavy atom. The highest BCUT2D eigenvalue weighted by Crippen LogP contribution is 2.13. The van der Waals surface area contributed by atoms with Crippen molar-refractivity contribution in [1.82, 2.24) is 4.98 Å². The van der Waals surface area contributed by atoms with Crippen molar-refractivity contribution >= 4 is 5.82 Å². The van der Waals surface area contributed by atoms with Crippen LogP contribution in [-0.4, -0.2) is 31.8 Å². The molecule has 0 saturated heterocycles. The Bertz CT molecular complexity index is 298. The fourth-order valence-corrected chi connectivity index (χ4v) is 1.35. The Balaban J connectivity index is 2.52. The normalized spacial score (nSPS) is 12.5. The molecule has 1 aromatic rings. The minimum Gasteiger partial charge on any atom is -0.380 e. The second kappa shape index (κ2) is 6.45. The first-order valence-corrected chi connectivity index (χ1v) is 5.65. The quantitative estimate of drug-likeness (QED) is 0.744. The standard InChI is InChI=1S/C12H21N3O/c1-4-16-8-7-15(3)12-6-5-11(9-14-12)10(2)13/h5-6,9-10H,4,7-8,13H2,1-3H3. The summed E-state index contributed by atoms with van der Waals surface area (Å²) in [5, 5.41) is 0. The summed E-state index contributed by atoms with van der Waals surface area (Å²) in [4.78, 5) is 6.44. The van der Waals surface area contributed by atoms with Crippen LogP contribution < -0.4 is 10.6 Å². The average Bonchev–Trinajstić information content (AvgIpc) is 2.29. The van der Waals surface area contributed by atoms with Crippen molar-refractivity contribution in [2.24, 2.45) is 5.73 Å². The summed E-state index contributed by atoms with van der Waals surface area (Å²) < 4.78 is 5.30. The minimum absolute atomic E-state index is 0.0373. The minimum atomic E-state index is 0.0373. The Kier molecular flexibility index (Phi) is 5.22. The molecule has 0 saturated carbocycles. The second-order valence-electron chi connectivity index (χ2n) is 3.86. The van der Waals surface area contributed by atoms with Crippen LogP contribution in [0.15, 0.2) is 18.3 Å². The first-order chi connectivity index (χ1) is 7.65. The maximum absolute atomic E-state index is 5.76. The van der Waals surface area contributed by atoms with E-state index in [0.29, 0.717) is 0 Å². The smallest absolute Gasteiger partial charge is 0.128 e. The number of hydrogen-bond acceptors (Lipinski definition) is 4. The zero-order valence-electron chi connectivity index (χ0n) is 10.3. The van der Waals surface area contributed by atoms with Crippen LogP contribution >= 0.6 is 0 Å². The Labute approximate surface area is 97.4 Å². The highest BCUT2D eigenvalue weighted by molar-refractivity contribution is 5.38. The molecule has 90 valence electrons. The van der Waals surface area contributed by atoms with E-state index in [9.17, 15) is 0 Å². The fraction of sp³-hybridized carbons (Fsp3) is 0.583. The van der Waals surface area contributed by atoms with Gasteiger partial charge in [0, 0.05) is 32.4 Å². The maximum Gasteiger partial charge on any atom is 0.128 e. The number of nitrogens with zero attached hydrogens (tertiary/aromatic N) is 2. The van der Waals surface area contributed by atoms with Gasteiger partial charge < -0.3 is 15.4 Å². The van der Waals surface area contributed by atoms with Crippen LogP contribution in [0.4, 0.5) is 5.82 Å². The van der Waals surface area contributed by atoms with Crippen LogP contribution in [0, 0.1) is 0 Å². The van der Waals surface area contributed by atoms with Crippen molar-refractivity contribution in [2.45, 2.75) is 19.9 Å². The van der Waals surface area contributed by atoms with Crippen molar-refractivity contribution in [3.63, 3.8) is 0 Å². The molecule has 0 radical (unpaired) electrons. The molecule has 1 aromatic heterocycles. The highest BCUT2D eigenvalue weighted by atomic mass is 16.5. The van der Waals surface area contributed by atoms with Gasteiger partial charge >= 0.3 is 0 Å². The molecule has 2 N–H and O–H groups in total. The predicted octanol–water partition coefficient (Wildman–Crippen LogP) is 1.57. The summed E-state index contributed by atoms with van der Waals surface area (Å²) in [6, 6.07) is 4.05. The molecule has 4 heteroatoms. The van der Waals surface area contributed by atoms with Crippen molar-refractivity contribution < 1.29 is 4.74 Å². The van der Waals surface area contributed by atoms with Gasteiger partial charge in [-0.2, -0.15) is 0 Å². The molecular weight excluding hydrogens is 202 g/mol. The predicted molar refractivity (Wildman–Crippen MR) is 66.6 cm³/mol. The lowest BCUT2D eigenvalue weighted by molar-refractivity contribution is 0.154. The number of rotatable bonds is 6. The monoisotopic (exact) mass is 223 g/mol. The van der Waals surface area contributed by atoms with Crippen LogP contribution in [0.5, 0.6) is 0 Å². The SMILES string of the molecule is CCOCCN(C)c1ccc(C(C)N)cn1. The molecule has 1 unspecified atom stereocenters. The Morgan fingerprint density at radius 2 is 2.25 bits per heavy atom. The van der Waals surface area contributed by atoms with E-state index >= 15 is 0 Å². The first-order valence-electron chi connectivity index (χ1n) is 5.65. The molecule has 4 nitrogen and oxygen atoms in total. The van der Waals surface area contributed by atoms with Crippen molar-refractivity contribution in [2.75, 3.05) is 31.7 Å². The van der Waals surface area contributed by atoms with E-state index in [1.165, 1.54) is 0 Å². The summed E-state index contributed by atoms with van der Waals surface area (Å²) in [5.74, 6) is 0.948. The summed E-state index contributed by atoms with van der Waals surface area (Å²) in [7, 11) is 2.01. The van der Waals surface area contributed by atoms with Crippen LogP contribution in [0.2, 0.25) is 0 Å². The molecule has 0 aliphatic rings. The molecule has 1 atom stereocenters. The number of likely N-dealkylation sites (N-methyl/N-ethyl adjacent to an activating group) is 1. The number of anilines is 1. The van der Waals surface area contributed by atoms with Gasteiger partial charge in [0.05, 0.1) is 6.61 Å². The topological polar surface area (TPSA) is 51.4 Å². The van der Waals surface area contributed by atoms with E-state index in [1.807, 2.05) is 39.2 Å². The van der Waals surface area contributed by atoms with E-state index in [2.05, 4.69) is 9.88 Å². The zero-order valence-corrected chi connectivity index (χ0v) is 10.3. The van der Waals surface area contributed by atoms with Gasteiger partial charge in [-0.1, -0.05) is 6.07 Å². The molecular formula is C12H21N3O. The molecule has 0 amide bonds. The molecule has 0 fully saturated rings. The van der Waals surface area contributed by atoms with E-state index in [-0.39, 0.29) is 6.04 Å². The number of pyridine rings is 1. The summed E-state index contributed by atoms with van der Waals surface area (Å²) in [5.41, 5.74) is 6.82. The van der Waals surface area contributed by atoms with E-state index in [0.717, 1.165) is 31.1 Å². The summed E-state index contributed by atoms with van der Waals surface area (Å²) >= 11 is 0. The largest absolute Gasteiger partial charge is 0.380 e. The van der Waals surface area contributed by atoms with Gasteiger partial charge in [0.25, 0.3) is 0 Å². The van der Waals surface area contributed by atoms with Gasteiger partial charge in [-0.05, 0) is 25.5 Å². The Morgan fingerprint density at radius 3 is 2.75 bits per heavy atom. The molecule has 0 bridgehead atoms. The molecule has 1 rings (SSSR count). The number of aromatic nitrogens is 1. The van der Waals surface area contributed by atoms with E-state index in [1.54, 1.807) is 0 Å². The summed E-state index contributed by atoms with van der Waals surface area (Å²) in [6.45, 7) is 6.28. The third-order valence-corrected chi connectivity index (χ3v) is 2.46. The molecule has 0 aromatic carbocycles. The number of ether oxygens (including phenoxy) is 1. The third-order valence-electron chi connectivity index (χ3n) is 2.46. The third kappa shape index (κ3) is 3.79. The van der Waals surface area contributed by atoms with Gasteiger partial charge in [0.1, 0.15) is 5.82 Å². The molecule has 0 aliphatic heterocycles. The average molecular weight is 223 g/mol. The van der Waals surface area contributed by atoms with Gasteiger partial charge in [-0.25, -0.2) is 4.98 Å². The van der Waals surface area contributed by atoms with Gasteiger partial charge in [0.2, 0.25) is 0 Å². The lowest BCUT2D eigenvalue weighted by Crippen LogP contribution is -2.23. The summed E-state index contributed by atoms with van der Waals surface area (Å²) in [6.07, 6.45) is 1.83. The highest BCUT2D eigenvalue weighted by Gasteiger charge is 2.04. The lowest BCUT2D eigenvalue weighted by atomic mass is 10.1.